The second kappa shape index (κ2) is 9.40. The minimum Gasteiger partial charge on any atom is -0.291 e. The van der Waals surface area contributed by atoms with Crippen molar-refractivity contribution in [3.05, 3.63) is 105 Å². The second-order valence-electron chi connectivity index (χ2n) is 8.06. The van der Waals surface area contributed by atoms with Gasteiger partial charge in [0.05, 0.1) is 23.3 Å². The van der Waals surface area contributed by atoms with E-state index in [9.17, 15) is 13.8 Å². The summed E-state index contributed by atoms with van der Waals surface area (Å²) in [5.74, 6) is -0.263. The van der Waals surface area contributed by atoms with Gasteiger partial charge in [-0.1, -0.05) is 42.5 Å². The van der Waals surface area contributed by atoms with Crippen molar-refractivity contribution in [2.75, 3.05) is 5.75 Å². The van der Waals surface area contributed by atoms with E-state index < -0.39 is 16.9 Å². The van der Waals surface area contributed by atoms with E-state index in [1.807, 2.05) is 36.4 Å². The number of carbonyl (C=O) groups is 1. The van der Waals surface area contributed by atoms with E-state index >= 15 is 0 Å². The Kier molecular flexibility index (Phi) is 6.17. The maximum atomic E-state index is 13.4. The third-order valence-corrected chi connectivity index (χ3v) is 7.84. The summed E-state index contributed by atoms with van der Waals surface area (Å²) in [6.07, 6.45) is 0. The van der Waals surface area contributed by atoms with Gasteiger partial charge in [0, 0.05) is 22.2 Å². The van der Waals surface area contributed by atoms with Gasteiger partial charge in [-0.3, -0.25) is 18.7 Å². The number of aryl methyl sites for hydroxylation is 2. The number of imidazole rings is 1. The molecule has 34 heavy (non-hydrogen) atoms. The number of amides is 1. The van der Waals surface area contributed by atoms with Gasteiger partial charge >= 0.3 is 5.69 Å². The molecule has 8 heteroatoms. The lowest BCUT2D eigenvalue weighted by molar-refractivity contribution is 0.0983. The number of aromatic nitrogens is 2. The topological polar surface area (TPSA) is 73.1 Å². The van der Waals surface area contributed by atoms with E-state index in [2.05, 4.69) is 29.2 Å². The summed E-state index contributed by atoms with van der Waals surface area (Å²) in [6, 6.07) is 22.5. The number of fused-ring (bicyclic) bond motifs is 2. The number of benzene rings is 3. The molecule has 0 aliphatic heterocycles. The molecule has 2 aromatic heterocycles. The fourth-order valence-electron chi connectivity index (χ4n) is 4.25. The molecule has 1 unspecified atom stereocenters. The van der Waals surface area contributed by atoms with Crippen molar-refractivity contribution in [2.24, 2.45) is 0 Å². The van der Waals surface area contributed by atoms with Crippen LogP contribution < -0.4 is 10.4 Å². The number of carbonyl (C=O) groups excluding carboxylic acids is 1. The van der Waals surface area contributed by atoms with Crippen molar-refractivity contribution >= 4 is 49.3 Å². The number of nitrogens with one attached hydrogen (secondary N) is 1. The Labute approximate surface area is 203 Å². The Balaban J connectivity index is 1.41. The minimum atomic E-state index is -1.61. The fraction of sp³-hybridized carbons (Fsp3) is 0.154. The van der Waals surface area contributed by atoms with Crippen LogP contribution >= 0.6 is 11.3 Å². The Bertz CT molecular complexity index is 1580. The quantitative estimate of drug-likeness (QED) is 0.367. The molecule has 0 saturated heterocycles. The van der Waals surface area contributed by atoms with E-state index in [0.29, 0.717) is 12.1 Å². The van der Waals surface area contributed by atoms with Gasteiger partial charge in [-0.15, -0.1) is 11.3 Å². The number of thiophene rings is 1. The Morgan fingerprint density at radius 3 is 2.41 bits per heavy atom. The summed E-state index contributed by atoms with van der Waals surface area (Å²) < 4.78 is 19.7. The summed E-state index contributed by atoms with van der Waals surface area (Å²) in [4.78, 5) is 25.7. The van der Waals surface area contributed by atoms with E-state index in [4.69, 9.17) is 0 Å². The number of rotatable bonds is 7. The molecule has 5 aromatic rings. The molecule has 1 atom stereocenters. The van der Waals surface area contributed by atoms with Crippen molar-refractivity contribution in [3.63, 3.8) is 0 Å². The largest absolute Gasteiger partial charge is 0.329 e. The fourth-order valence-corrected chi connectivity index (χ4v) is 6.05. The molecule has 172 valence electrons. The standard InChI is InChI=1S/C26H23N3O3S2/c1-18-8-7-13-23-24(18)20(17-33-23)16-29-22-12-6-5-11-21(22)28(26(29)31)14-15-34(32)27-25(30)19-9-3-2-4-10-19/h2-13,17H,14-16H2,1H3,(H,27,30). The van der Waals surface area contributed by atoms with Crippen LogP contribution in [-0.4, -0.2) is 25.0 Å². The first-order chi connectivity index (χ1) is 16.5. The molecule has 6 nitrogen and oxygen atoms in total. The summed E-state index contributed by atoms with van der Waals surface area (Å²) in [5.41, 5.74) is 4.22. The molecule has 0 fully saturated rings. The van der Waals surface area contributed by atoms with Crippen LogP contribution in [0.25, 0.3) is 21.1 Å². The van der Waals surface area contributed by atoms with Gasteiger partial charge in [-0.2, -0.15) is 0 Å². The Morgan fingerprint density at radius 2 is 1.65 bits per heavy atom. The third kappa shape index (κ3) is 4.22. The number of hydrogen-bond donors (Lipinski definition) is 1. The molecule has 5 rings (SSSR count). The maximum absolute atomic E-state index is 13.4. The highest BCUT2D eigenvalue weighted by Gasteiger charge is 2.17. The predicted octanol–water partition coefficient (Wildman–Crippen LogP) is 4.47. The zero-order chi connectivity index (χ0) is 23.7. The second-order valence-corrected chi connectivity index (χ2v) is 10.3. The van der Waals surface area contributed by atoms with Gasteiger partial charge in [-0.25, -0.2) is 9.00 Å². The van der Waals surface area contributed by atoms with Crippen LogP contribution in [-0.2, 0) is 24.1 Å². The van der Waals surface area contributed by atoms with Crippen LogP contribution in [0.3, 0.4) is 0 Å². The van der Waals surface area contributed by atoms with Gasteiger partial charge in [-0.05, 0) is 53.8 Å². The lowest BCUT2D eigenvalue weighted by Gasteiger charge is -2.06. The van der Waals surface area contributed by atoms with Crippen molar-refractivity contribution in [2.45, 2.75) is 20.0 Å². The molecular weight excluding hydrogens is 466 g/mol. The average Bonchev–Trinajstić information content (AvgIpc) is 3.38. The lowest BCUT2D eigenvalue weighted by atomic mass is 10.1. The van der Waals surface area contributed by atoms with Crippen LogP contribution in [0.2, 0.25) is 0 Å². The summed E-state index contributed by atoms with van der Waals surface area (Å²) >= 11 is 1.68. The molecule has 0 saturated carbocycles. The van der Waals surface area contributed by atoms with Crippen molar-refractivity contribution < 1.29 is 9.00 Å². The van der Waals surface area contributed by atoms with Crippen molar-refractivity contribution in [3.8, 4) is 0 Å². The first-order valence-electron chi connectivity index (χ1n) is 10.9. The first-order valence-corrected chi connectivity index (χ1v) is 13.1. The first kappa shape index (κ1) is 22.3. The molecule has 1 N–H and O–H groups in total. The average molecular weight is 490 g/mol. The molecule has 0 radical (unpaired) electrons. The van der Waals surface area contributed by atoms with E-state index in [-0.39, 0.29) is 18.0 Å². The van der Waals surface area contributed by atoms with Crippen LogP contribution in [0.1, 0.15) is 21.5 Å². The highest BCUT2D eigenvalue weighted by atomic mass is 32.2. The lowest BCUT2D eigenvalue weighted by Crippen LogP contribution is -2.31. The molecule has 0 bridgehead atoms. The monoisotopic (exact) mass is 489 g/mol. The molecule has 2 heterocycles. The Morgan fingerprint density at radius 1 is 0.941 bits per heavy atom. The van der Waals surface area contributed by atoms with Crippen LogP contribution in [0.4, 0.5) is 0 Å². The van der Waals surface area contributed by atoms with Crippen LogP contribution in [0.5, 0.6) is 0 Å². The zero-order valence-electron chi connectivity index (χ0n) is 18.6. The third-order valence-electron chi connectivity index (χ3n) is 5.88. The van der Waals surface area contributed by atoms with Crippen molar-refractivity contribution in [1.82, 2.24) is 13.9 Å². The number of hydrogen-bond acceptors (Lipinski definition) is 4. The van der Waals surface area contributed by atoms with Gasteiger partial charge < -0.3 is 0 Å². The van der Waals surface area contributed by atoms with E-state index in [1.54, 1.807) is 44.7 Å². The summed E-state index contributed by atoms with van der Waals surface area (Å²) in [5, 5.41) is 3.31. The highest BCUT2D eigenvalue weighted by Crippen LogP contribution is 2.29. The van der Waals surface area contributed by atoms with Gasteiger partial charge in [0.25, 0.3) is 5.91 Å². The molecular formula is C26H23N3O3S2. The van der Waals surface area contributed by atoms with Gasteiger partial charge in [0.2, 0.25) is 0 Å². The normalized spacial score (nSPS) is 12.3. The smallest absolute Gasteiger partial charge is 0.291 e. The van der Waals surface area contributed by atoms with Crippen molar-refractivity contribution in [1.29, 1.82) is 0 Å². The zero-order valence-corrected chi connectivity index (χ0v) is 20.2. The number of nitrogens with zero attached hydrogens (tertiary/aromatic N) is 2. The van der Waals surface area contributed by atoms with Crippen LogP contribution in [0, 0.1) is 6.92 Å². The Hall–Kier alpha value is -3.49. The maximum Gasteiger partial charge on any atom is 0.329 e. The summed E-state index contributed by atoms with van der Waals surface area (Å²) in [6.45, 7) is 2.78. The number of para-hydroxylation sites is 2. The molecule has 1 amide bonds. The van der Waals surface area contributed by atoms with Crippen LogP contribution in [0.15, 0.2) is 83.0 Å². The van der Waals surface area contributed by atoms with Gasteiger partial charge in [0.15, 0.2) is 0 Å². The molecule has 0 spiro atoms. The molecule has 0 aliphatic rings. The predicted molar refractivity (Wildman–Crippen MR) is 139 cm³/mol. The van der Waals surface area contributed by atoms with E-state index in [0.717, 1.165) is 16.6 Å². The minimum absolute atomic E-state index is 0.132. The highest BCUT2D eigenvalue weighted by molar-refractivity contribution is 7.83. The SMILES string of the molecule is Cc1cccc2scc(Cn3c(=O)n(CCS(=O)NC(=O)c4ccccc4)c4ccccc43)c12. The summed E-state index contributed by atoms with van der Waals surface area (Å²) in [7, 11) is -1.61. The molecule has 0 aliphatic carbocycles. The van der Waals surface area contributed by atoms with Gasteiger partial charge in [0.1, 0.15) is 11.0 Å². The van der Waals surface area contributed by atoms with E-state index in [1.165, 1.54) is 15.6 Å². The molecule has 3 aromatic carbocycles.